The minimum atomic E-state index is -0.132. The number of nitrogens with zero attached hydrogens (tertiary/aromatic N) is 3. The lowest BCUT2D eigenvalue weighted by atomic mass is 10.1. The third kappa shape index (κ3) is 4.33. The van der Waals surface area contributed by atoms with Crippen molar-refractivity contribution in [3.8, 4) is 22.8 Å². The Balaban J connectivity index is 1.45. The highest BCUT2D eigenvalue weighted by Crippen LogP contribution is 2.27. The van der Waals surface area contributed by atoms with Crippen molar-refractivity contribution in [3.63, 3.8) is 0 Å². The minimum Gasteiger partial charge on any atom is -0.467 e. The van der Waals surface area contributed by atoms with Crippen LogP contribution in [0.5, 0.6) is 0 Å². The SMILES string of the molecule is O=C(c1ccccc1-c1nc(-c2ccccc2)no1)N(Cc1ccco1)C[C@H]1CCCO1. The molecular weight excluding hydrogens is 406 g/mol. The molecule has 1 saturated heterocycles. The van der Waals surface area contributed by atoms with Crippen LogP contribution in [0.3, 0.4) is 0 Å². The monoisotopic (exact) mass is 429 g/mol. The molecule has 0 aliphatic carbocycles. The Bertz CT molecular complexity index is 1160. The minimum absolute atomic E-state index is 0.0224. The third-order valence-electron chi connectivity index (χ3n) is 5.51. The van der Waals surface area contributed by atoms with Gasteiger partial charge < -0.3 is 18.6 Å². The van der Waals surface area contributed by atoms with Crippen molar-refractivity contribution in [2.75, 3.05) is 13.2 Å². The van der Waals surface area contributed by atoms with Gasteiger partial charge in [0, 0.05) is 18.7 Å². The summed E-state index contributed by atoms with van der Waals surface area (Å²) in [4.78, 5) is 20.0. The molecule has 2 aromatic heterocycles. The molecule has 3 heterocycles. The number of hydrogen-bond donors (Lipinski definition) is 0. The highest BCUT2D eigenvalue weighted by Gasteiger charge is 2.27. The van der Waals surface area contributed by atoms with Crippen molar-refractivity contribution in [1.82, 2.24) is 15.0 Å². The van der Waals surface area contributed by atoms with E-state index in [4.69, 9.17) is 13.7 Å². The van der Waals surface area contributed by atoms with E-state index in [2.05, 4.69) is 10.1 Å². The Hall–Kier alpha value is -3.71. The van der Waals surface area contributed by atoms with Crippen molar-refractivity contribution in [3.05, 3.63) is 84.3 Å². The molecule has 7 nitrogen and oxygen atoms in total. The zero-order valence-electron chi connectivity index (χ0n) is 17.5. The summed E-state index contributed by atoms with van der Waals surface area (Å²) in [5, 5.41) is 4.11. The molecule has 4 aromatic rings. The summed E-state index contributed by atoms with van der Waals surface area (Å²) in [6.45, 7) is 1.58. The first kappa shape index (κ1) is 20.2. The summed E-state index contributed by atoms with van der Waals surface area (Å²) in [7, 11) is 0. The van der Waals surface area contributed by atoms with Gasteiger partial charge in [-0.1, -0.05) is 47.6 Å². The Morgan fingerprint density at radius 2 is 1.88 bits per heavy atom. The van der Waals surface area contributed by atoms with Crippen molar-refractivity contribution in [2.45, 2.75) is 25.5 Å². The maximum atomic E-state index is 13.7. The molecule has 1 amide bonds. The number of carbonyl (C=O) groups excluding carboxylic acids is 1. The molecule has 0 saturated carbocycles. The molecule has 1 aliphatic heterocycles. The van der Waals surface area contributed by atoms with E-state index in [0.29, 0.717) is 35.9 Å². The number of aromatic nitrogens is 2. The predicted molar refractivity (Wildman–Crippen MR) is 118 cm³/mol. The van der Waals surface area contributed by atoms with Gasteiger partial charge in [-0.05, 0) is 37.1 Å². The topological polar surface area (TPSA) is 81.6 Å². The molecule has 1 atom stereocenters. The lowest BCUT2D eigenvalue weighted by molar-refractivity contribution is 0.0492. The van der Waals surface area contributed by atoms with Gasteiger partial charge in [0.15, 0.2) is 0 Å². The number of hydrogen-bond acceptors (Lipinski definition) is 6. The van der Waals surface area contributed by atoms with Gasteiger partial charge in [-0.3, -0.25) is 4.79 Å². The first-order valence-electron chi connectivity index (χ1n) is 10.7. The normalized spacial score (nSPS) is 15.7. The van der Waals surface area contributed by atoms with Gasteiger partial charge >= 0.3 is 0 Å². The number of rotatable bonds is 7. The van der Waals surface area contributed by atoms with E-state index in [9.17, 15) is 4.79 Å². The van der Waals surface area contributed by atoms with E-state index in [-0.39, 0.29) is 12.0 Å². The van der Waals surface area contributed by atoms with Gasteiger partial charge in [0.05, 0.1) is 30.0 Å². The highest BCUT2D eigenvalue weighted by atomic mass is 16.5. The van der Waals surface area contributed by atoms with Crippen LogP contribution in [0.15, 0.2) is 81.9 Å². The zero-order valence-corrected chi connectivity index (χ0v) is 17.5. The quantitative estimate of drug-likeness (QED) is 0.419. The largest absolute Gasteiger partial charge is 0.467 e. The van der Waals surface area contributed by atoms with E-state index in [0.717, 1.165) is 30.8 Å². The molecule has 32 heavy (non-hydrogen) atoms. The van der Waals surface area contributed by atoms with Gasteiger partial charge in [-0.2, -0.15) is 4.98 Å². The zero-order chi connectivity index (χ0) is 21.8. The smallest absolute Gasteiger partial charge is 0.259 e. The molecule has 5 rings (SSSR count). The third-order valence-corrected chi connectivity index (χ3v) is 5.51. The lowest BCUT2D eigenvalue weighted by Crippen LogP contribution is -2.37. The second-order valence-electron chi connectivity index (χ2n) is 7.73. The Labute approximate surface area is 185 Å². The molecular formula is C25H23N3O4. The Morgan fingerprint density at radius 3 is 2.66 bits per heavy atom. The predicted octanol–water partition coefficient (Wildman–Crippen LogP) is 4.82. The maximum absolute atomic E-state index is 13.7. The summed E-state index contributed by atoms with van der Waals surface area (Å²) in [6.07, 6.45) is 3.58. The van der Waals surface area contributed by atoms with E-state index in [1.54, 1.807) is 17.2 Å². The molecule has 0 spiro atoms. The van der Waals surface area contributed by atoms with Crippen molar-refractivity contribution in [2.24, 2.45) is 0 Å². The van der Waals surface area contributed by atoms with Crippen LogP contribution in [-0.4, -0.2) is 40.2 Å². The van der Waals surface area contributed by atoms with E-state index >= 15 is 0 Å². The van der Waals surface area contributed by atoms with E-state index in [1.165, 1.54) is 0 Å². The first-order valence-corrected chi connectivity index (χ1v) is 10.7. The number of benzene rings is 2. The van der Waals surface area contributed by atoms with E-state index in [1.807, 2.05) is 60.7 Å². The fourth-order valence-electron chi connectivity index (χ4n) is 3.91. The van der Waals surface area contributed by atoms with Crippen LogP contribution in [-0.2, 0) is 11.3 Å². The number of carbonyl (C=O) groups is 1. The standard InChI is InChI=1S/C25H23N3O4/c29-25(28(16-19-10-6-14-30-19)17-20-11-7-15-31-20)22-13-5-4-12-21(22)24-26-23(27-32-24)18-8-2-1-3-9-18/h1-6,8-10,12-14,20H,7,11,15-17H2/t20-/m1/s1. The number of ether oxygens (including phenoxy) is 1. The second-order valence-corrected chi connectivity index (χ2v) is 7.73. The Kier molecular flexibility index (Phi) is 5.81. The molecule has 0 bridgehead atoms. The van der Waals surface area contributed by atoms with E-state index < -0.39 is 0 Å². The molecule has 0 N–H and O–H groups in total. The van der Waals surface area contributed by atoms with Crippen molar-refractivity contribution < 1.29 is 18.5 Å². The fraction of sp³-hybridized carbons (Fsp3) is 0.240. The summed E-state index contributed by atoms with van der Waals surface area (Å²) in [5.41, 5.74) is 1.95. The van der Waals surface area contributed by atoms with Gasteiger partial charge in [-0.25, -0.2) is 0 Å². The molecule has 1 aliphatic rings. The number of amides is 1. The average Bonchev–Trinajstić information content (AvgIpc) is 3.62. The van der Waals surface area contributed by atoms with Crippen LogP contribution in [0.4, 0.5) is 0 Å². The van der Waals surface area contributed by atoms with Crippen LogP contribution in [0.25, 0.3) is 22.8 Å². The summed E-state index contributed by atoms with van der Waals surface area (Å²) < 4.78 is 16.8. The second kappa shape index (κ2) is 9.20. The molecule has 0 unspecified atom stereocenters. The van der Waals surface area contributed by atoms with Crippen molar-refractivity contribution in [1.29, 1.82) is 0 Å². The summed E-state index contributed by atoms with van der Waals surface area (Å²) in [5.74, 6) is 1.38. The average molecular weight is 429 g/mol. The van der Waals surface area contributed by atoms with Crippen LogP contribution in [0, 0.1) is 0 Å². The fourth-order valence-corrected chi connectivity index (χ4v) is 3.91. The summed E-state index contributed by atoms with van der Waals surface area (Å²) >= 11 is 0. The van der Waals surface area contributed by atoms with Crippen molar-refractivity contribution >= 4 is 5.91 Å². The molecule has 162 valence electrons. The lowest BCUT2D eigenvalue weighted by Gasteiger charge is -2.25. The number of furan rings is 1. The molecule has 0 radical (unpaired) electrons. The van der Waals surface area contributed by atoms with Crippen LogP contribution in [0.2, 0.25) is 0 Å². The Morgan fingerprint density at radius 1 is 1.03 bits per heavy atom. The maximum Gasteiger partial charge on any atom is 0.259 e. The highest BCUT2D eigenvalue weighted by molar-refractivity contribution is 6.00. The van der Waals surface area contributed by atoms with Gasteiger partial charge in [0.1, 0.15) is 5.76 Å². The van der Waals surface area contributed by atoms with Gasteiger partial charge in [0.2, 0.25) is 5.82 Å². The van der Waals surface area contributed by atoms with Crippen LogP contribution in [0.1, 0.15) is 29.0 Å². The summed E-state index contributed by atoms with van der Waals surface area (Å²) in [6, 6.07) is 20.6. The first-order chi connectivity index (χ1) is 15.8. The molecule has 7 heteroatoms. The van der Waals surface area contributed by atoms with Gasteiger partial charge in [0.25, 0.3) is 11.8 Å². The van der Waals surface area contributed by atoms with Crippen LogP contribution >= 0.6 is 0 Å². The molecule has 1 fully saturated rings. The van der Waals surface area contributed by atoms with Crippen LogP contribution < -0.4 is 0 Å². The molecule has 2 aromatic carbocycles. The van der Waals surface area contributed by atoms with Gasteiger partial charge in [-0.15, -0.1) is 0 Å².